The second-order valence-corrected chi connectivity index (χ2v) is 9.92. The molecule has 1 N–H and O–H groups in total. The van der Waals surface area contributed by atoms with Crippen molar-refractivity contribution in [3.8, 4) is 6.07 Å². The number of nitriles is 1. The Morgan fingerprint density at radius 2 is 1.69 bits per heavy atom. The molecule has 0 radical (unpaired) electrons. The normalized spacial score (nSPS) is 16.7. The summed E-state index contributed by atoms with van der Waals surface area (Å²) in [4.78, 5) is 27.9. The van der Waals surface area contributed by atoms with Gasteiger partial charge in [-0.15, -0.1) is 0 Å². The van der Waals surface area contributed by atoms with Gasteiger partial charge in [0.25, 0.3) is 5.91 Å². The van der Waals surface area contributed by atoms with Crippen molar-refractivity contribution in [1.29, 1.82) is 5.26 Å². The Morgan fingerprint density at radius 3 is 2.34 bits per heavy atom. The minimum atomic E-state index is -0.727. The first kappa shape index (κ1) is 25.1. The number of hydrogen-bond donors (Lipinski definition) is 1. The van der Waals surface area contributed by atoms with E-state index in [0.29, 0.717) is 32.0 Å². The molecule has 3 aromatic carbocycles. The highest BCUT2D eigenvalue weighted by atomic mass is 35.5. The van der Waals surface area contributed by atoms with E-state index in [9.17, 15) is 19.2 Å². The molecule has 35 heavy (non-hydrogen) atoms. The molecule has 0 bridgehead atoms. The number of carbonyl (C=O) groups is 2. The van der Waals surface area contributed by atoms with E-state index >= 15 is 0 Å². The number of benzene rings is 3. The van der Waals surface area contributed by atoms with Crippen LogP contribution in [-0.4, -0.2) is 17.1 Å². The number of halogens is 4. The van der Waals surface area contributed by atoms with Crippen LogP contribution < -0.4 is 10.2 Å². The van der Waals surface area contributed by atoms with Gasteiger partial charge in [0.2, 0.25) is 5.91 Å². The molecule has 3 aromatic rings. The van der Waals surface area contributed by atoms with E-state index < -0.39 is 17.0 Å². The van der Waals surface area contributed by atoms with Crippen LogP contribution in [0, 0.1) is 17.1 Å². The average Bonchev–Trinajstić information content (AvgIpc) is 3.14. The van der Waals surface area contributed by atoms with Crippen molar-refractivity contribution in [2.75, 3.05) is 10.2 Å². The second-order valence-electron chi connectivity index (χ2n) is 7.45. The Labute approximate surface area is 220 Å². The van der Waals surface area contributed by atoms with Crippen molar-refractivity contribution in [2.45, 2.75) is 11.7 Å². The van der Waals surface area contributed by atoms with E-state index in [0.717, 1.165) is 11.8 Å². The number of nitrogens with zero attached hydrogens (tertiary/aromatic N) is 2. The highest BCUT2D eigenvalue weighted by molar-refractivity contribution is 8.05. The lowest BCUT2D eigenvalue weighted by Crippen LogP contribution is -2.31. The molecular formula is C25H15Cl3FN3O2S. The van der Waals surface area contributed by atoms with Crippen LogP contribution >= 0.6 is 46.6 Å². The fourth-order valence-electron chi connectivity index (χ4n) is 3.44. The van der Waals surface area contributed by atoms with Gasteiger partial charge in [-0.3, -0.25) is 14.5 Å². The van der Waals surface area contributed by atoms with Gasteiger partial charge in [-0.1, -0.05) is 46.6 Å². The van der Waals surface area contributed by atoms with E-state index in [-0.39, 0.29) is 22.9 Å². The zero-order valence-electron chi connectivity index (χ0n) is 17.8. The highest BCUT2D eigenvalue weighted by Gasteiger charge is 2.41. The highest BCUT2D eigenvalue weighted by Crippen LogP contribution is 2.43. The van der Waals surface area contributed by atoms with Gasteiger partial charge in [-0.25, -0.2) is 4.39 Å². The summed E-state index contributed by atoms with van der Waals surface area (Å²) >= 11 is 19.5. The largest absolute Gasteiger partial charge is 0.321 e. The van der Waals surface area contributed by atoms with E-state index in [4.69, 9.17) is 34.8 Å². The summed E-state index contributed by atoms with van der Waals surface area (Å²) in [5, 5.41) is 13.4. The van der Waals surface area contributed by atoms with Gasteiger partial charge in [0.15, 0.2) is 0 Å². The number of carbonyl (C=O) groups excluding carboxylic acids is 2. The molecule has 1 aliphatic heterocycles. The standard InChI is InChI=1S/C25H15Cl3FN3O2S/c26-15-1-8-19(9-2-15)32-24(34)22(12-14-11-16(27)3-10-21(14)28)35-25(32)20(13-30)23(33)31-18-6-4-17(29)5-7-18/h1-11,22H,12H2,(H,31,33)/b25-20+/t22-/m1/s1. The van der Waals surface area contributed by atoms with Crippen molar-refractivity contribution in [1.82, 2.24) is 0 Å². The molecule has 1 atom stereocenters. The zero-order valence-corrected chi connectivity index (χ0v) is 20.9. The van der Waals surface area contributed by atoms with E-state index in [1.165, 1.54) is 29.2 Å². The van der Waals surface area contributed by atoms with Crippen LogP contribution in [0.25, 0.3) is 0 Å². The van der Waals surface area contributed by atoms with Gasteiger partial charge in [-0.2, -0.15) is 5.26 Å². The van der Waals surface area contributed by atoms with Gasteiger partial charge in [0.05, 0.1) is 5.25 Å². The van der Waals surface area contributed by atoms with Crippen LogP contribution in [0.2, 0.25) is 15.1 Å². The maximum atomic E-state index is 13.5. The van der Waals surface area contributed by atoms with Crippen molar-refractivity contribution >= 4 is 69.8 Å². The lowest BCUT2D eigenvalue weighted by molar-refractivity contribution is -0.117. The van der Waals surface area contributed by atoms with E-state index in [2.05, 4.69) is 5.32 Å². The predicted octanol–water partition coefficient (Wildman–Crippen LogP) is 6.85. The Hall–Kier alpha value is -3.02. The quantitative estimate of drug-likeness (QED) is 0.281. The van der Waals surface area contributed by atoms with Crippen molar-refractivity contribution in [3.63, 3.8) is 0 Å². The predicted molar refractivity (Wildman–Crippen MR) is 138 cm³/mol. The monoisotopic (exact) mass is 545 g/mol. The molecule has 0 spiro atoms. The topological polar surface area (TPSA) is 73.2 Å². The number of nitrogens with one attached hydrogen (secondary N) is 1. The Balaban J connectivity index is 1.73. The molecule has 0 aromatic heterocycles. The van der Waals surface area contributed by atoms with Gasteiger partial charge in [-0.05, 0) is 78.7 Å². The summed E-state index contributed by atoms with van der Waals surface area (Å²) in [5.74, 6) is -1.52. The van der Waals surface area contributed by atoms with Crippen LogP contribution in [-0.2, 0) is 16.0 Å². The first-order valence-electron chi connectivity index (χ1n) is 10.2. The SMILES string of the molecule is N#C/C(C(=O)Nc1ccc(F)cc1)=C1\S[C@H](Cc2cc(Cl)ccc2Cl)C(=O)N1c1ccc(Cl)cc1. The van der Waals surface area contributed by atoms with Gasteiger partial charge in [0, 0.05) is 26.4 Å². The molecule has 1 heterocycles. The van der Waals surface area contributed by atoms with Crippen molar-refractivity contribution < 1.29 is 14.0 Å². The summed E-state index contributed by atoms with van der Waals surface area (Å²) in [6.07, 6.45) is 0.231. The number of amides is 2. The Morgan fingerprint density at radius 1 is 1.03 bits per heavy atom. The zero-order chi connectivity index (χ0) is 25.1. The molecular weight excluding hydrogens is 532 g/mol. The molecule has 1 aliphatic rings. The fraction of sp³-hybridized carbons (Fsp3) is 0.0800. The number of hydrogen-bond acceptors (Lipinski definition) is 4. The van der Waals surface area contributed by atoms with Crippen molar-refractivity contribution in [3.05, 3.63) is 104 Å². The minimum Gasteiger partial charge on any atom is -0.321 e. The van der Waals surface area contributed by atoms with E-state index in [1.807, 2.05) is 6.07 Å². The number of rotatable bonds is 5. The molecule has 0 aliphatic carbocycles. The summed E-state index contributed by atoms with van der Waals surface area (Å²) < 4.78 is 13.2. The third kappa shape index (κ3) is 5.63. The Kier molecular flexibility index (Phi) is 7.68. The number of thioether (sulfide) groups is 1. The van der Waals surface area contributed by atoms with Crippen LogP contribution in [0.5, 0.6) is 0 Å². The molecule has 2 amide bonds. The third-order valence-electron chi connectivity index (χ3n) is 5.11. The molecule has 1 saturated heterocycles. The van der Waals surface area contributed by atoms with Gasteiger partial charge in [0.1, 0.15) is 22.5 Å². The van der Waals surface area contributed by atoms with Crippen molar-refractivity contribution in [2.24, 2.45) is 0 Å². The molecule has 4 rings (SSSR count). The van der Waals surface area contributed by atoms with Crippen LogP contribution in [0.4, 0.5) is 15.8 Å². The molecule has 0 unspecified atom stereocenters. The second kappa shape index (κ2) is 10.7. The van der Waals surface area contributed by atoms with Gasteiger partial charge >= 0.3 is 0 Å². The smallest absolute Gasteiger partial charge is 0.269 e. The van der Waals surface area contributed by atoms with Crippen LogP contribution in [0.1, 0.15) is 5.56 Å². The Bertz CT molecular complexity index is 1370. The van der Waals surface area contributed by atoms with E-state index in [1.54, 1.807) is 42.5 Å². The molecule has 176 valence electrons. The molecule has 1 fully saturated rings. The lowest BCUT2D eigenvalue weighted by Gasteiger charge is -2.19. The maximum Gasteiger partial charge on any atom is 0.269 e. The summed E-state index contributed by atoms with van der Waals surface area (Å²) in [6.45, 7) is 0. The minimum absolute atomic E-state index is 0.169. The van der Waals surface area contributed by atoms with Crippen LogP contribution in [0.3, 0.4) is 0 Å². The summed E-state index contributed by atoms with van der Waals surface area (Å²) in [6, 6.07) is 18.5. The first-order valence-corrected chi connectivity index (χ1v) is 12.2. The summed E-state index contributed by atoms with van der Waals surface area (Å²) in [5.41, 5.74) is 1.15. The average molecular weight is 547 g/mol. The maximum absolute atomic E-state index is 13.5. The van der Waals surface area contributed by atoms with Crippen LogP contribution in [0.15, 0.2) is 77.3 Å². The molecule has 5 nitrogen and oxygen atoms in total. The van der Waals surface area contributed by atoms with Gasteiger partial charge < -0.3 is 5.32 Å². The number of anilines is 2. The molecule has 0 saturated carbocycles. The fourth-order valence-corrected chi connectivity index (χ4v) is 5.25. The summed E-state index contributed by atoms with van der Waals surface area (Å²) in [7, 11) is 0. The third-order valence-corrected chi connectivity index (χ3v) is 7.22. The molecule has 10 heteroatoms. The first-order chi connectivity index (χ1) is 16.8. The lowest BCUT2D eigenvalue weighted by atomic mass is 10.1.